The van der Waals surface area contributed by atoms with Gasteiger partial charge in [-0.1, -0.05) is 20.8 Å². The summed E-state index contributed by atoms with van der Waals surface area (Å²) in [5.74, 6) is 2.36. The van der Waals surface area contributed by atoms with Gasteiger partial charge in [0.05, 0.1) is 12.2 Å². The molecule has 4 rings (SSSR count). The smallest absolute Gasteiger partial charge is 0.303 e. The molecule has 0 aromatic heterocycles. The van der Waals surface area contributed by atoms with Crippen molar-refractivity contribution >= 4 is 5.97 Å². The summed E-state index contributed by atoms with van der Waals surface area (Å²) in [6.07, 6.45) is 9.19. The maximum Gasteiger partial charge on any atom is 0.303 e. The highest BCUT2D eigenvalue weighted by atomic mass is 16.4. The summed E-state index contributed by atoms with van der Waals surface area (Å²) in [6, 6.07) is 0. The number of aliphatic carboxylic acids is 1. The standard InChI is InChI=1S/C24H40O4/c1-14(4-7-21(27)28)17-5-6-18-22-19(9-11-24(17,18)3)23(2)10-8-16(25)12-15(23)13-20(22)26/h14-20,22,25-26H,4-13H2,1-3H3,(H,27,28)/t14-,15+,16+,17-,18?,19?,20?,22?,23+,24-/m1/s1. The molecule has 3 N–H and O–H groups in total. The highest BCUT2D eigenvalue weighted by molar-refractivity contribution is 5.66. The molecule has 28 heavy (non-hydrogen) atoms. The lowest BCUT2D eigenvalue weighted by Crippen LogP contribution is -2.58. The zero-order valence-electron chi connectivity index (χ0n) is 17.9. The van der Waals surface area contributed by atoms with Crippen molar-refractivity contribution in [3.8, 4) is 0 Å². The van der Waals surface area contributed by atoms with Crippen LogP contribution < -0.4 is 0 Å². The average molecular weight is 393 g/mol. The van der Waals surface area contributed by atoms with Crippen molar-refractivity contribution in [1.82, 2.24) is 0 Å². The summed E-state index contributed by atoms with van der Waals surface area (Å²) in [7, 11) is 0. The van der Waals surface area contributed by atoms with E-state index < -0.39 is 5.97 Å². The van der Waals surface area contributed by atoms with Crippen molar-refractivity contribution in [3.63, 3.8) is 0 Å². The van der Waals surface area contributed by atoms with Gasteiger partial charge in [0.2, 0.25) is 0 Å². The van der Waals surface area contributed by atoms with Crippen LogP contribution in [0.4, 0.5) is 0 Å². The average Bonchev–Trinajstić information content (AvgIpc) is 2.98. The van der Waals surface area contributed by atoms with E-state index in [0.29, 0.717) is 35.5 Å². The Labute approximate surface area is 170 Å². The van der Waals surface area contributed by atoms with Gasteiger partial charge in [-0.25, -0.2) is 0 Å². The van der Waals surface area contributed by atoms with Crippen molar-refractivity contribution < 1.29 is 20.1 Å². The Kier molecular flexibility index (Phi) is 5.36. The van der Waals surface area contributed by atoms with E-state index in [1.807, 2.05) is 0 Å². The van der Waals surface area contributed by atoms with E-state index in [1.165, 1.54) is 25.7 Å². The minimum atomic E-state index is -0.684. The lowest BCUT2D eigenvalue weighted by molar-refractivity contribution is -0.174. The fraction of sp³-hybridized carbons (Fsp3) is 0.958. The molecule has 0 saturated heterocycles. The fourth-order valence-corrected chi connectivity index (χ4v) is 8.73. The topological polar surface area (TPSA) is 77.8 Å². The number of aliphatic hydroxyl groups is 2. The summed E-state index contributed by atoms with van der Waals surface area (Å²) in [5, 5.41) is 30.5. The number of carboxylic acid groups (broad SMARTS) is 1. The monoisotopic (exact) mass is 392 g/mol. The summed E-state index contributed by atoms with van der Waals surface area (Å²) in [4.78, 5) is 11.1. The summed E-state index contributed by atoms with van der Waals surface area (Å²) >= 11 is 0. The summed E-state index contributed by atoms with van der Waals surface area (Å²) in [6.45, 7) is 7.16. The first-order valence-corrected chi connectivity index (χ1v) is 11.7. The molecule has 4 fully saturated rings. The molecule has 0 amide bonds. The van der Waals surface area contributed by atoms with Gasteiger partial charge in [-0.3, -0.25) is 4.79 Å². The minimum absolute atomic E-state index is 0.179. The van der Waals surface area contributed by atoms with E-state index in [0.717, 1.165) is 32.1 Å². The summed E-state index contributed by atoms with van der Waals surface area (Å²) in [5.41, 5.74) is 0.523. The van der Waals surface area contributed by atoms with E-state index in [2.05, 4.69) is 20.8 Å². The van der Waals surface area contributed by atoms with Crippen molar-refractivity contribution in [3.05, 3.63) is 0 Å². The molecule has 160 valence electrons. The summed E-state index contributed by atoms with van der Waals surface area (Å²) < 4.78 is 0. The van der Waals surface area contributed by atoms with Gasteiger partial charge < -0.3 is 15.3 Å². The number of fused-ring (bicyclic) bond motifs is 5. The molecule has 0 spiro atoms. The van der Waals surface area contributed by atoms with Crippen LogP contribution in [0.3, 0.4) is 0 Å². The molecule has 4 aliphatic carbocycles. The van der Waals surface area contributed by atoms with E-state index >= 15 is 0 Å². The molecule has 0 aromatic rings. The number of rotatable bonds is 4. The second kappa shape index (κ2) is 7.27. The van der Waals surface area contributed by atoms with E-state index in [-0.39, 0.29) is 29.5 Å². The van der Waals surface area contributed by atoms with Crippen molar-refractivity contribution in [2.24, 2.45) is 46.3 Å². The SMILES string of the molecule is C[C@H](CCC(=O)O)[C@H]1CCC2C3C(O)C[C@@H]4C[C@@H](O)CC[C@]4(C)C3CC[C@@]21C. The van der Waals surface area contributed by atoms with Crippen LogP contribution in [-0.4, -0.2) is 33.5 Å². The third-order valence-electron chi connectivity index (χ3n) is 10.2. The van der Waals surface area contributed by atoms with Crippen LogP contribution in [-0.2, 0) is 4.79 Å². The fourth-order valence-electron chi connectivity index (χ4n) is 8.73. The van der Waals surface area contributed by atoms with Crippen molar-refractivity contribution in [2.75, 3.05) is 0 Å². The molecule has 4 aliphatic rings. The van der Waals surface area contributed by atoms with Crippen LogP contribution in [0, 0.1) is 46.3 Å². The Morgan fingerprint density at radius 3 is 2.39 bits per heavy atom. The zero-order chi connectivity index (χ0) is 20.3. The Morgan fingerprint density at radius 2 is 1.68 bits per heavy atom. The molecule has 0 aliphatic heterocycles. The molecular formula is C24H40O4. The predicted octanol–water partition coefficient (Wildman–Crippen LogP) is 4.48. The molecular weight excluding hydrogens is 352 g/mol. The molecule has 0 bridgehead atoms. The third-order valence-corrected chi connectivity index (χ3v) is 10.2. The second-order valence-corrected chi connectivity index (χ2v) is 11.4. The molecule has 0 heterocycles. The predicted molar refractivity (Wildman–Crippen MR) is 109 cm³/mol. The number of carbonyl (C=O) groups is 1. The second-order valence-electron chi connectivity index (χ2n) is 11.4. The molecule has 0 radical (unpaired) electrons. The van der Waals surface area contributed by atoms with Crippen molar-refractivity contribution in [1.29, 1.82) is 0 Å². The first-order chi connectivity index (χ1) is 13.2. The highest BCUT2D eigenvalue weighted by Crippen LogP contribution is 2.68. The van der Waals surface area contributed by atoms with Gasteiger partial charge in [0.1, 0.15) is 0 Å². The normalized spacial score (nSPS) is 51.7. The van der Waals surface area contributed by atoms with Crippen LogP contribution in [0.25, 0.3) is 0 Å². The number of carboxylic acids is 1. The number of hydrogen-bond acceptors (Lipinski definition) is 3. The van der Waals surface area contributed by atoms with Crippen LogP contribution in [0.15, 0.2) is 0 Å². The molecule has 4 saturated carbocycles. The van der Waals surface area contributed by atoms with Gasteiger partial charge in [0.25, 0.3) is 0 Å². The maximum atomic E-state index is 11.2. The number of hydrogen-bond donors (Lipinski definition) is 3. The van der Waals surface area contributed by atoms with E-state index in [4.69, 9.17) is 5.11 Å². The van der Waals surface area contributed by atoms with E-state index in [1.54, 1.807) is 0 Å². The van der Waals surface area contributed by atoms with Crippen LogP contribution in [0.5, 0.6) is 0 Å². The van der Waals surface area contributed by atoms with Gasteiger partial charge in [0, 0.05) is 6.42 Å². The third kappa shape index (κ3) is 3.14. The van der Waals surface area contributed by atoms with Crippen LogP contribution >= 0.6 is 0 Å². The Hall–Kier alpha value is -0.610. The van der Waals surface area contributed by atoms with Crippen LogP contribution in [0.1, 0.15) is 85.0 Å². The van der Waals surface area contributed by atoms with Gasteiger partial charge in [-0.15, -0.1) is 0 Å². The molecule has 0 aromatic carbocycles. The quantitative estimate of drug-likeness (QED) is 0.659. The Bertz CT molecular complexity index is 605. The number of aliphatic hydroxyl groups excluding tert-OH is 2. The molecule has 4 unspecified atom stereocenters. The largest absolute Gasteiger partial charge is 0.481 e. The Morgan fingerprint density at radius 1 is 1.00 bits per heavy atom. The Balaban J connectivity index is 1.55. The molecule has 4 heteroatoms. The highest BCUT2D eigenvalue weighted by Gasteiger charge is 2.62. The zero-order valence-corrected chi connectivity index (χ0v) is 17.9. The first kappa shape index (κ1) is 20.7. The minimum Gasteiger partial charge on any atom is -0.481 e. The first-order valence-electron chi connectivity index (χ1n) is 11.7. The van der Waals surface area contributed by atoms with Gasteiger partial charge >= 0.3 is 5.97 Å². The molecule has 10 atom stereocenters. The van der Waals surface area contributed by atoms with E-state index in [9.17, 15) is 15.0 Å². The lowest BCUT2D eigenvalue weighted by Gasteiger charge is -2.62. The van der Waals surface area contributed by atoms with Gasteiger partial charge in [-0.2, -0.15) is 0 Å². The van der Waals surface area contributed by atoms with Gasteiger partial charge in [-0.05, 0) is 104 Å². The van der Waals surface area contributed by atoms with Crippen molar-refractivity contribution in [2.45, 2.75) is 97.2 Å². The van der Waals surface area contributed by atoms with Crippen LogP contribution in [0.2, 0.25) is 0 Å². The lowest BCUT2D eigenvalue weighted by atomic mass is 9.43. The van der Waals surface area contributed by atoms with Gasteiger partial charge in [0.15, 0.2) is 0 Å². The molecule has 4 nitrogen and oxygen atoms in total. The maximum absolute atomic E-state index is 11.2.